The number of hydrogen-bond donors (Lipinski definition) is 1. The topological polar surface area (TPSA) is 21.3 Å². The first-order valence-electron chi connectivity index (χ1n) is 4.47. The van der Waals surface area contributed by atoms with E-state index in [1.54, 1.807) is 6.07 Å². The Morgan fingerprint density at radius 1 is 1.57 bits per heavy atom. The maximum atomic E-state index is 12.8. The van der Waals surface area contributed by atoms with Gasteiger partial charge in [0.05, 0.1) is 12.6 Å². The van der Waals surface area contributed by atoms with Crippen molar-refractivity contribution in [2.24, 2.45) is 0 Å². The second kappa shape index (κ2) is 5.44. The minimum atomic E-state index is -0.246. The van der Waals surface area contributed by atoms with Gasteiger partial charge >= 0.3 is 0 Å². The minimum Gasteiger partial charge on any atom is -0.302 e. The lowest BCUT2D eigenvalue weighted by atomic mass is 10.1. The molecule has 0 aliphatic carbocycles. The Balaban J connectivity index is 2.74. The van der Waals surface area contributed by atoms with Crippen LogP contribution in [0.15, 0.2) is 22.7 Å². The van der Waals surface area contributed by atoms with E-state index in [1.807, 2.05) is 13.8 Å². The molecule has 78 valence electrons. The van der Waals surface area contributed by atoms with Crippen molar-refractivity contribution >= 4 is 15.9 Å². The standard InChI is InChI=1S/C10H13BrFNO/c1-3-14-13-7(2)9-5-4-8(12)6-10(9)11/h4-7,13H,3H2,1-2H3. The van der Waals surface area contributed by atoms with Gasteiger partial charge in [0, 0.05) is 4.47 Å². The first kappa shape index (κ1) is 11.6. The highest BCUT2D eigenvalue weighted by atomic mass is 79.9. The molecular formula is C10H13BrFNO. The largest absolute Gasteiger partial charge is 0.302 e. The molecule has 0 aromatic heterocycles. The summed E-state index contributed by atoms with van der Waals surface area (Å²) >= 11 is 3.30. The number of halogens is 2. The van der Waals surface area contributed by atoms with Gasteiger partial charge in [-0.3, -0.25) is 0 Å². The summed E-state index contributed by atoms with van der Waals surface area (Å²) in [5.41, 5.74) is 3.83. The highest BCUT2D eigenvalue weighted by Crippen LogP contribution is 2.23. The van der Waals surface area contributed by atoms with E-state index < -0.39 is 0 Å². The summed E-state index contributed by atoms with van der Waals surface area (Å²) in [6.07, 6.45) is 0. The Morgan fingerprint density at radius 3 is 2.86 bits per heavy atom. The van der Waals surface area contributed by atoms with E-state index in [0.29, 0.717) is 6.61 Å². The van der Waals surface area contributed by atoms with E-state index in [9.17, 15) is 4.39 Å². The third-order valence-electron chi connectivity index (χ3n) is 1.83. The molecule has 1 aromatic carbocycles. The summed E-state index contributed by atoms with van der Waals surface area (Å²) in [5.74, 6) is -0.246. The van der Waals surface area contributed by atoms with E-state index in [4.69, 9.17) is 4.84 Å². The molecule has 4 heteroatoms. The SMILES string of the molecule is CCONC(C)c1ccc(F)cc1Br. The molecule has 14 heavy (non-hydrogen) atoms. The van der Waals surface area contributed by atoms with Crippen LogP contribution in [0.3, 0.4) is 0 Å². The van der Waals surface area contributed by atoms with Crippen LogP contribution in [-0.2, 0) is 4.84 Å². The first-order valence-corrected chi connectivity index (χ1v) is 5.26. The number of hydroxylamine groups is 1. The van der Waals surface area contributed by atoms with Crippen molar-refractivity contribution in [1.29, 1.82) is 0 Å². The number of nitrogens with one attached hydrogen (secondary N) is 1. The summed E-state index contributed by atoms with van der Waals surface area (Å²) in [6, 6.07) is 4.64. The number of rotatable bonds is 4. The van der Waals surface area contributed by atoms with Crippen LogP contribution in [0.25, 0.3) is 0 Å². The van der Waals surface area contributed by atoms with Crippen LogP contribution >= 0.6 is 15.9 Å². The molecule has 1 rings (SSSR count). The molecule has 1 unspecified atom stereocenters. The van der Waals surface area contributed by atoms with Gasteiger partial charge in [-0.15, -0.1) is 0 Å². The molecule has 0 radical (unpaired) electrons. The fraction of sp³-hybridized carbons (Fsp3) is 0.400. The third kappa shape index (κ3) is 3.04. The van der Waals surface area contributed by atoms with E-state index in [0.717, 1.165) is 10.0 Å². The molecule has 0 saturated carbocycles. The van der Waals surface area contributed by atoms with Crippen LogP contribution in [0.1, 0.15) is 25.5 Å². The van der Waals surface area contributed by atoms with E-state index in [1.165, 1.54) is 12.1 Å². The highest BCUT2D eigenvalue weighted by molar-refractivity contribution is 9.10. The Bertz CT molecular complexity index is 306. The predicted octanol–water partition coefficient (Wildman–Crippen LogP) is 3.19. The summed E-state index contributed by atoms with van der Waals surface area (Å²) in [6.45, 7) is 4.45. The molecule has 0 spiro atoms. The highest BCUT2D eigenvalue weighted by Gasteiger charge is 2.09. The lowest BCUT2D eigenvalue weighted by molar-refractivity contribution is 0.0283. The van der Waals surface area contributed by atoms with Crippen molar-refractivity contribution in [3.05, 3.63) is 34.1 Å². The van der Waals surface area contributed by atoms with Crippen LogP contribution in [0.2, 0.25) is 0 Å². The maximum absolute atomic E-state index is 12.8. The van der Waals surface area contributed by atoms with Crippen LogP contribution in [0, 0.1) is 5.82 Å². The van der Waals surface area contributed by atoms with Crippen molar-refractivity contribution in [1.82, 2.24) is 5.48 Å². The normalized spacial score (nSPS) is 12.9. The van der Waals surface area contributed by atoms with Crippen LogP contribution in [-0.4, -0.2) is 6.61 Å². The van der Waals surface area contributed by atoms with Crippen LogP contribution in [0.4, 0.5) is 4.39 Å². The Morgan fingerprint density at radius 2 is 2.29 bits per heavy atom. The van der Waals surface area contributed by atoms with Gasteiger partial charge in [0.15, 0.2) is 0 Å². The van der Waals surface area contributed by atoms with Gasteiger partial charge in [-0.1, -0.05) is 22.0 Å². The molecular weight excluding hydrogens is 249 g/mol. The summed E-state index contributed by atoms with van der Waals surface area (Å²) < 4.78 is 13.5. The van der Waals surface area contributed by atoms with E-state index in [-0.39, 0.29) is 11.9 Å². The first-order chi connectivity index (χ1) is 6.65. The van der Waals surface area contributed by atoms with Crippen molar-refractivity contribution < 1.29 is 9.23 Å². The van der Waals surface area contributed by atoms with Gasteiger partial charge < -0.3 is 4.84 Å². The maximum Gasteiger partial charge on any atom is 0.124 e. The van der Waals surface area contributed by atoms with Gasteiger partial charge in [0.2, 0.25) is 0 Å². The van der Waals surface area contributed by atoms with Gasteiger partial charge in [0.25, 0.3) is 0 Å². The molecule has 0 heterocycles. The van der Waals surface area contributed by atoms with Crippen molar-refractivity contribution in [3.8, 4) is 0 Å². The van der Waals surface area contributed by atoms with Crippen LogP contribution < -0.4 is 5.48 Å². The van der Waals surface area contributed by atoms with Crippen LogP contribution in [0.5, 0.6) is 0 Å². The van der Waals surface area contributed by atoms with E-state index in [2.05, 4.69) is 21.4 Å². The average molecular weight is 262 g/mol. The molecule has 1 atom stereocenters. The van der Waals surface area contributed by atoms with Gasteiger partial charge in [0.1, 0.15) is 5.82 Å². The molecule has 0 amide bonds. The zero-order valence-electron chi connectivity index (χ0n) is 8.18. The summed E-state index contributed by atoms with van der Waals surface area (Å²) in [5, 5.41) is 0. The molecule has 1 aromatic rings. The summed E-state index contributed by atoms with van der Waals surface area (Å²) in [4.78, 5) is 5.07. The van der Waals surface area contributed by atoms with Gasteiger partial charge in [-0.05, 0) is 31.5 Å². The quantitative estimate of drug-likeness (QED) is 0.841. The molecule has 0 fully saturated rings. The number of hydrogen-bond acceptors (Lipinski definition) is 2. The Hall–Kier alpha value is -0.450. The smallest absolute Gasteiger partial charge is 0.124 e. The average Bonchev–Trinajstić information content (AvgIpc) is 2.14. The third-order valence-corrected chi connectivity index (χ3v) is 2.52. The molecule has 0 saturated heterocycles. The van der Waals surface area contributed by atoms with E-state index >= 15 is 0 Å². The monoisotopic (exact) mass is 261 g/mol. The molecule has 0 aliphatic rings. The van der Waals surface area contributed by atoms with Crippen molar-refractivity contribution in [3.63, 3.8) is 0 Å². The lowest BCUT2D eigenvalue weighted by Gasteiger charge is -2.14. The Kier molecular flexibility index (Phi) is 4.51. The minimum absolute atomic E-state index is 0.0323. The summed E-state index contributed by atoms with van der Waals surface area (Å²) in [7, 11) is 0. The van der Waals surface area contributed by atoms with Crippen molar-refractivity contribution in [2.75, 3.05) is 6.61 Å². The molecule has 2 nitrogen and oxygen atoms in total. The zero-order chi connectivity index (χ0) is 10.6. The zero-order valence-corrected chi connectivity index (χ0v) is 9.77. The molecule has 1 N–H and O–H groups in total. The molecule has 0 aliphatic heterocycles. The fourth-order valence-corrected chi connectivity index (χ4v) is 1.82. The predicted molar refractivity (Wildman–Crippen MR) is 57.3 cm³/mol. The fourth-order valence-electron chi connectivity index (χ4n) is 1.12. The Labute approximate surface area is 91.5 Å². The van der Waals surface area contributed by atoms with Gasteiger partial charge in [-0.25, -0.2) is 4.39 Å². The lowest BCUT2D eigenvalue weighted by Crippen LogP contribution is -2.19. The number of benzene rings is 1. The van der Waals surface area contributed by atoms with Gasteiger partial charge in [-0.2, -0.15) is 5.48 Å². The second-order valence-electron chi connectivity index (χ2n) is 2.94. The second-order valence-corrected chi connectivity index (χ2v) is 3.79. The van der Waals surface area contributed by atoms with Crippen molar-refractivity contribution in [2.45, 2.75) is 19.9 Å². The molecule has 0 bridgehead atoms.